The predicted octanol–water partition coefficient (Wildman–Crippen LogP) is 4.42. The van der Waals surface area contributed by atoms with Crippen LogP contribution in [0.15, 0.2) is 0 Å². The van der Waals surface area contributed by atoms with Crippen LogP contribution in [0, 0.1) is 5.41 Å². The van der Waals surface area contributed by atoms with Crippen molar-refractivity contribution >= 4 is 0 Å². The monoisotopic (exact) mass is 298 g/mol. The molecule has 1 saturated carbocycles. The van der Waals surface area contributed by atoms with Gasteiger partial charge in [-0.05, 0) is 38.5 Å². The second-order valence-electron chi connectivity index (χ2n) is 7.00. The molecule has 124 valence electrons. The van der Waals surface area contributed by atoms with Crippen molar-refractivity contribution in [2.75, 3.05) is 13.2 Å². The van der Waals surface area contributed by atoms with Crippen LogP contribution in [-0.4, -0.2) is 30.7 Å². The van der Waals surface area contributed by atoms with Crippen LogP contribution in [0.2, 0.25) is 0 Å². The zero-order valence-corrected chi connectivity index (χ0v) is 13.8. The van der Waals surface area contributed by atoms with Crippen LogP contribution in [0.25, 0.3) is 0 Å². The average molecular weight is 298 g/mol. The molecule has 1 heterocycles. The third-order valence-electron chi connectivity index (χ3n) is 5.37. The van der Waals surface area contributed by atoms with Gasteiger partial charge in [-0.1, -0.05) is 45.4 Å². The number of aliphatic hydroxyl groups excluding tert-OH is 1. The molecule has 2 aliphatic rings. The summed E-state index contributed by atoms with van der Waals surface area (Å²) in [6.07, 6.45) is 14.3. The van der Waals surface area contributed by atoms with E-state index in [0.29, 0.717) is 0 Å². The molecule has 2 rings (SSSR count). The van der Waals surface area contributed by atoms with Crippen LogP contribution < -0.4 is 0 Å². The van der Waals surface area contributed by atoms with Crippen LogP contribution in [0.5, 0.6) is 0 Å². The van der Waals surface area contributed by atoms with Crippen molar-refractivity contribution in [3.05, 3.63) is 0 Å². The molecule has 3 heteroatoms. The smallest absolute Gasteiger partial charge is 0.157 e. The Balaban J connectivity index is 1.97. The maximum atomic E-state index is 10.1. The molecule has 2 atom stereocenters. The van der Waals surface area contributed by atoms with Gasteiger partial charge in [0.1, 0.15) is 0 Å². The third-order valence-corrected chi connectivity index (χ3v) is 5.37. The van der Waals surface area contributed by atoms with Crippen molar-refractivity contribution in [3.63, 3.8) is 0 Å². The molecule has 1 aliphatic heterocycles. The Labute approximate surface area is 130 Å². The first-order valence-corrected chi connectivity index (χ1v) is 9.18. The molecule has 1 saturated heterocycles. The quantitative estimate of drug-likeness (QED) is 0.674. The summed E-state index contributed by atoms with van der Waals surface area (Å²) in [7, 11) is 0. The van der Waals surface area contributed by atoms with Crippen molar-refractivity contribution < 1.29 is 14.6 Å². The molecule has 0 amide bonds. The van der Waals surface area contributed by atoms with Crippen LogP contribution >= 0.6 is 0 Å². The zero-order valence-electron chi connectivity index (χ0n) is 13.8. The van der Waals surface area contributed by atoms with Gasteiger partial charge in [-0.3, -0.25) is 0 Å². The predicted molar refractivity (Wildman–Crippen MR) is 85.2 cm³/mol. The van der Waals surface area contributed by atoms with Gasteiger partial charge in [0, 0.05) is 12.0 Å². The maximum Gasteiger partial charge on any atom is 0.157 e. The Morgan fingerprint density at radius 3 is 2.57 bits per heavy atom. The summed E-state index contributed by atoms with van der Waals surface area (Å²) < 4.78 is 12.2. The first kappa shape index (κ1) is 17.2. The molecule has 21 heavy (non-hydrogen) atoms. The van der Waals surface area contributed by atoms with Crippen molar-refractivity contribution in [2.24, 2.45) is 5.41 Å². The molecule has 1 N–H and O–H groups in total. The summed E-state index contributed by atoms with van der Waals surface area (Å²) in [6, 6.07) is 0. The van der Waals surface area contributed by atoms with E-state index in [1.54, 1.807) is 0 Å². The fourth-order valence-corrected chi connectivity index (χ4v) is 3.94. The van der Waals surface area contributed by atoms with Crippen LogP contribution in [0.4, 0.5) is 0 Å². The lowest BCUT2D eigenvalue weighted by Gasteiger charge is -2.44. The molecular formula is C18H34O3. The minimum Gasteiger partial charge on any atom is -0.396 e. The molecule has 0 aromatic heterocycles. The van der Waals surface area contributed by atoms with Gasteiger partial charge >= 0.3 is 0 Å². The summed E-state index contributed by atoms with van der Waals surface area (Å²) in [5.74, 6) is 0. The summed E-state index contributed by atoms with van der Waals surface area (Å²) in [5, 5.41) is 10.1. The van der Waals surface area contributed by atoms with Gasteiger partial charge in [-0.2, -0.15) is 0 Å². The molecular weight excluding hydrogens is 264 g/mol. The molecule has 0 bridgehead atoms. The van der Waals surface area contributed by atoms with E-state index in [0.717, 1.165) is 38.7 Å². The molecule has 0 aromatic rings. The fourth-order valence-electron chi connectivity index (χ4n) is 3.94. The minimum atomic E-state index is -0.0317. The van der Waals surface area contributed by atoms with Crippen LogP contribution in [-0.2, 0) is 9.47 Å². The fraction of sp³-hybridized carbons (Fsp3) is 1.00. The summed E-state index contributed by atoms with van der Waals surface area (Å²) in [6.45, 7) is 3.34. The van der Waals surface area contributed by atoms with Crippen LogP contribution in [0.1, 0.15) is 84.0 Å². The van der Waals surface area contributed by atoms with Crippen molar-refractivity contribution in [2.45, 2.75) is 96.4 Å². The van der Waals surface area contributed by atoms with Gasteiger partial charge in [0.2, 0.25) is 0 Å². The number of ether oxygens (including phenoxy) is 2. The van der Waals surface area contributed by atoms with Gasteiger partial charge < -0.3 is 14.6 Å². The zero-order chi connectivity index (χ0) is 15.0. The van der Waals surface area contributed by atoms with E-state index in [4.69, 9.17) is 9.47 Å². The molecule has 2 unspecified atom stereocenters. The number of aliphatic hydroxyl groups is 1. The highest BCUT2D eigenvalue weighted by Gasteiger charge is 2.41. The molecule has 0 spiro atoms. The Kier molecular flexibility index (Phi) is 7.48. The lowest BCUT2D eigenvalue weighted by molar-refractivity contribution is -0.223. The third kappa shape index (κ3) is 4.94. The highest BCUT2D eigenvalue weighted by Crippen LogP contribution is 2.43. The molecule has 1 aliphatic carbocycles. The minimum absolute atomic E-state index is 0.00714. The standard InChI is InChI=1S/C18H34O3/c1-2-3-5-10-16(21-17-11-6-9-14-20-17)18(15-19)12-7-4-8-13-18/h16-17,19H,2-15H2,1H3. The SMILES string of the molecule is CCCCCC(OC1CCCCO1)C1(CO)CCCCC1. The Bertz CT molecular complexity index is 268. The van der Waals surface area contributed by atoms with Gasteiger partial charge in [-0.15, -0.1) is 0 Å². The van der Waals surface area contributed by atoms with E-state index in [2.05, 4.69) is 6.92 Å². The molecule has 0 aromatic carbocycles. The number of hydrogen-bond donors (Lipinski definition) is 1. The average Bonchev–Trinajstić information content (AvgIpc) is 2.56. The Hall–Kier alpha value is -0.120. The maximum absolute atomic E-state index is 10.1. The highest BCUT2D eigenvalue weighted by molar-refractivity contribution is 4.90. The van der Waals surface area contributed by atoms with Crippen LogP contribution in [0.3, 0.4) is 0 Å². The van der Waals surface area contributed by atoms with Crippen molar-refractivity contribution in [1.29, 1.82) is 0 Å². The van der Waals surface area contributed by atoms with Gasteiger partial charge in [-0.25, -0.2) is 0 Å². The lowest BCUT2D eigenvalue weighted by Crippen LogP contribution is -2.44. The largest absolute Gasteiger partial charge is 0.396 e. The van der Waals surface area contributed by atoms with Gasteiger partial charge in [0.05, 0.1) is 12.7 Å². The summed E-state index contributed by atoms with van der Waals surface area (Å²) >= 11 is 0. The van der Waals surface area contributed by atoms with E-state index < -0.39 is 0 Å². The lowest BCUT2D eigenvalue weighted by atomic mass is 9.69. The van der Waals surface area contributed by atoms with E-state index in [1.807, 2.05) is 0 Å². The molecule has 3 nitrogen and oxygen atoms in total. The molecule has 0 radical (unpaired) electrons. The van der Waals surface area contributed by atoms with E-state index in [-0.39, 0.29) is 24.4 Å². The summed E-state index contributed by atoms with van der Waals surface area (Å²) in [4.78, 5) is 0. The van der Waals surface area contributed by atoms with Crippen molar-refractivity contribution in [3.8, 4) is 0 Å². The van der Waals surface area contributed by atoms with E-state index in [1.165, 1.54) is 44.9 Å². The highest BCUT2D eigenvalue weighted by atomic mass is 16.7. The topological polar surface area (TPSA) is 38.7 Å². The first-order chi connectivity index (χ1) is 10.3. The summed E-state index contributed by atoms with van der Waals surface area (Å²) in [5.41, 5.74) is -0.00714. The van der Waals surface area contributed by atoms with Gasteiger partial charge in [0.15, 0.2) is 6.29 Å². The Morgan fingerprint density at radius 1 is 1.14 bits per heavy atom. The van der Waals surface area contributed by atoms with E-state index in [9.17, 15) is 5.11 Å². The number of hydrogen-bond acceptors (Lipinski definition) is 3. The number of unbranched alkanes of at least 4 members (excludes halogenated alkanes) is 2. The normalized spacial score (nSPS) is 27.4. The second kappa shape index (κ2) is 9.12. The Morgan fingerprint density at radius 2 is 1.95 bits per heavy atom. The second-order valence-corrected chi connectivity index (χ2v) is 7.00. The van der Waals surface area contributed by atoms with Crippen molar-refractivity contribution in [1.82, 2.24) is 0 Å². The first-order valence-electron chi connectivity index (χ1n) is 9.18. The molecule has 2 fully saturated rings. The van der Waals surface area contributed by atoms with Gasteiger partial charge in [0.25, 0.3) is 0 Å². The number of rotatable bonds is 8. The van der Waals surface area contributed by atoms with E-state index >= 15 is 0 Å².